The van der Waals surface area contributed by atoms with E-state index in [1.165, 1.54) is 19.3 Å². The van der Waals surface area contributed by atoms with Gasteiger partial charge in [0.15, 0.2) is 0 Å². The number of carbonyl (C=O) groups is 1. The molecule has 0 aromatic carbocycles. The van der Waals surface area contributed by atoms with Crippen LogP contribution >= 0.6 is 0 Å². The van der Waals surface area contributed by atoms with E-state index in [0.29, 0.717) is 5.92 Å². The summed E-state index contributed by atoms with van der Waals surface area (Å²) in [5.41, 5.74) is 1.12. The van der Waals surface area contributed by atoms with Crippen LogP contribution in [0.3, 0.4) is 0 Å². The van der Waals surface area contributed by atoms with Crippen LogP contribution in [0.15, 0.2) is 23.8 Å². The van der Waals surface area contributed by atoms with Crippen molar-refractivity contribution >= 4 is 5.97 Å². The zero-order valence-corrected chi connectivity index (χ0v) is 11.2. The molecule has 0 aromatic rings. The molecule has 0 N–H and O–H groups in total. The smallest absolute Gasteiger partial charge is 0.331 e. The predicted octanol–water partition coefficient (Wildman–Crippen LogP) is 4.02. The summed E-state index contributed by atoms with van der Waals surface area (Å²) >= 11 is 0. The Balaban J connectivity index is 2.34. The van der Waals surface area contributed by atoms with E-state index >= 15 is 0 Å². The van der Waals surface area contributed by atoms with E-state index in [1.54, 1.807) is 6.08 Å². The van der Waals surface area contributed by atoms with Crippen molar-refractivity contribution in [3.63, 3.8) is 0 Å². The highest BCUT2D eigenvalue weighted by molar-refractivity contribution is 5.86. The van der Waals surface area contributed by atoms with Gasteiger partial charge in [-0.3, -0.25) is 0 Å². The maximum absolute atomic E-state index is 11.2. The maximum Gasteiger partial charge on any atom is 0.331 e. The molecule has 0 bridgehead atoms. The van der Waals surface area contributed by atoms with Gasteiger partial charge >= 0.3 is 5.97 Å². The maximum atomic E-state index is 11.2. The molecule has 0 aromatic heterocycles. The summed E-state index contributed by atoms with van der Waals surface area (Å²) < 4.78 is 5.27. The van der Waals surface area contributed by atoms with Crippen LogP contribution in [0.1, 0.15) is 52.9 Å². The molecule has 1 unspecified atom stereocenters. The van der Waals surface area contributed by atoms with Gasteiger partial charge in [-0.05, 0) is 30.8 Å². The Labute approximate surface area is 105 Å². The molecule has 17 heavy (non-hydrogen) atoms. The minimum Gasteiger partial charge on any atom is -0.454 e. The van der Waals surface area contributed by atoms with Crippen LogP contribution in [0.2, 0.25) is 0 Å². The Morgan fingerprint density at radius 2 is 2.12 bits per heavy atom. The van der Waals surface area contributed by atoms with Crippen LogP contribution in [0.5, 0.6) is 0 Å². The van der Waals surface area contributed by atoms with Crippen LogP contribution in [-0.4, -0.2) is 12.1 Å². The molecule has 1 aliphatic heterocycles. The van der Waals surface area contributed by atoms with Crippen LogP contribution in [0.25, 0.3) is 0 Å². The number of rotatable bonds is 7. The lowest BCUT2D eigenvalue weighted by molar-refractivity contribution is -0.140. The topological polar surface area (TPSA) is 26.3 Å². The van der Waals surface area contributed by atoms with E-state index in [0.717, 1.165) is 18.4 Å². The van der Waals surface area contributed by atoms with Gasteiger partial charge in [0.25, 0.3) is 0 Å². The predicted molar refractivity (Wildman–Crippen MR) is 70.7 cm³/mol. The fourth-order valence-electron chi connectivity index (χ4n) is 2.06. The van der Waals surface area contributed by atoms with Crippen LogP contribution in [-0.2, 0) is 9.53 Å². The first-order chi connectivity index (χ1) is 8.15. The van der Waals surface area contributed by atoms with Crippen molar-refractivity contribution in [2.45, 2.75) is 59.0 Å². The Bertz CT molecular complexity index is 300. The molecule has 0 amide bonds. The van der Waals surface area contributed by atoms with Crippen molar-refractivity contribution in [2.75, 3.05) is 0 Å². The summed E-state index contributed by atoms with van der Waals surface area (Å²) in [7, 11) is 0. The van der Waals surface area contributed by atoms with Crippen molar-refractivity contribution in [3.05, 3.63) is 23.8 Å². The molecule has 0 radical (unpaired) electrons. The third kappa shape index (κ3) is 4.76. The quantitative estimate of drug-likeness (QED) is 0.379. The standard InChI is InChI=1S/C15H24O2/c1-4-5-6-7-8-9-10-13-11-14(16)17-15(13)12(2)3/h8-9,11-12,15H,4-7,10H2,1-3H3/b9-8+. The van der Waals surface area contributed by atoms with Gasteiger partial charge < -0.3 is 4.74 Å². The molecule has 2 nitrogen and oxygen atoms in total. The number of esters is 1. The molecule has 2 heteroatoms. The van der Waals surface area contributed by atoms with Crippen LogP contribution in [0, 0.1) is 5.92 Å². The Hall–Kier alpha value is -1.05. The van der Waals surface area contributed by atoms with Crippen molar-refractivity contribution in [3.8, 4) is 0 Å². The van der Waals surface area contributed by atoms with Gasteiger partial charge in [0.2, 0.25) is 0 Å². The van der Waals surface area contributed by atoms with Crippen molar-refractivity contribution in [1.82, 2.24) is 0 Å². The first-order valence-electron chi connectivity index (χ1n) is 6.71. The van der Waals surface area contributed by atoms with Gasteiger partial charge in [-0.1, -0.05) is 45.8 Å². The number of cyclic esters (lactones) is 1. The van der Waals surface area contributed by atoms with E-state index in [2.05, 4.69) is 32.9 Å². The fourth-order valence-corrected chi connectivity index (χ4v) is 2.06. The molecule has 1 rings (SSSR count). The third-order valence-electron chi connectivity index (χ3n) is 3.01. The molecule has 1 aliphatic rings. The Morgan fingerprint density at radius 1 is 1.35 bits per heavy atom. The second-order valence-corrected chi connectivity index (χ2v) is 4.99. The summed E-state index contributed by atoms with van der Waals surface area (Å²) in [6.07, 6.45) is 11.8. The van der Waals surface area contributed by atoms with Gasteiger partial charge in [-0.15, -0.1) is 0 Å². The molecule has 1 atom stereocenters. The number of allylic oxidation sites excluding steroid dienone is 2. The number of ether oxygens (including phenoxy) is 1. The van der Waals surface area contributed by atoms with Crippen molar-refractivity contribution < 1.29 is 9.53 Å². The number of hydrogen-bond acceptors (Lipinski definition) is 2. The van der Waals surface area contributed by atoms with Crippen molar-refractivity contribution in [1.29, 1.82) is 0 Å². The normalized spacial score (nSPS) is 20.1. The zero-order chi connectivity index (χ0) is 12.7. The van der Waals surface area contributed by atoms with Gasteiger partial charge in [0.05, 0.1) is 0 Å². The highest BCUT2D eigenvalue weighted by atomic mass is 16.5. The first kappa shape index (κ1) is 14.0. The Kier molecular flexibility index (Phi) is 6.03. The lowest BCUT2D eigenvalue weighted by Crippen LogP contribution is -2.18. The van der Waals surface area contributed by atoms with Gasteiger partial charge in [-0.2, -0.15) is 0 Å². The molecular weight excluding hydrogens is 212 g/mol. The van der Waals surface area contributed by atoms with E-state index in [1.807, 2.05) is 0 Å². The Morgan fingerprint density at radius 3 is 2.76 bits per heavy atom. The fraction of sp³-hybridized carbons (Fsp3) is 0.667. The average molecular weight is 236 g/mol. The third-order valence-corrected chi connectivity index (χ3v) is 3.01. The highest BCUT2D eigenvalue weighted by Gasteiger charge is 2.27. The van der Waals surface area contributed by atoms with E-state index in [4.69, 9.17) is 4.74 Å². The second kappa shape index (κ2) is 7.31. The molecule has 0 aliphatic carbocycles. The molecule has 0 saturated heterocycles. The largest absolute Gasteiger partial charge is 0.454 e. The SMILES string of the molecule is CCCCC/C=C/CC1=CC(=O)OC1C(C)C. The molecule has 96 valence electrons. The van der Waals surface area contributed by atoms with Gasteiger partial charge in [-0.25, -0.2) is 4.79 Å². The van der Waals surface area contributed by atoms with Crippen LogP contribution in [0.4, 0.5) is 0 Å². The number of unbranched alkanes of at least 4 members (excludes halogenated alkanes) is 3. The average Bonchev–Trinajstić information content (AvgIpc) is 2.65. The summed E-state index contributed by atoms with van der Waals surface area (Å²) in [6.45, 7) is 6.38. The molecule has 1 heterocycles. The lowest BCUT2D eigenvalue weighted by Gasteiger charge is -2.16. The zero-order valence-electron chi connectivity index (χ0n) is 11.2. The minimum atomic E-state index is -0.182. The summed E-state index contributed by atoms with van der Waals surface area (Å²) in [6, 6.07) is 0. The van der Waals surface area contributed by atoms with Gasteiger partial charge in [0.1, 0.15) is 6.10 Å². The molecule has 0 saturated carbocycles. The molecular formula is C15H24O2. The molecule has 0 spiro atoms. The van der Waals surface area contributed by atoms with Crippen LogP contribution < -0.4 is 0 Å². The number of carbonyl (C=O) groups excluding carboxylic acids is 1. The second-order valence-electron chi connectivity index (χ2n) is 4.99. The lowest BCUT2D eigenvalue weighted by atomic mass is 9.97. The summed E-state index contributed by atoms with van der Waals surface area (Å²) in [4.78, 5) is 11.2. The van der Waals surface area contributed by atoms with Gasteiger partial charge in [0, 0.05) is 6.08 Å². The summed E-state index contributed by atoms with van der Waals surface area (Å²) in [5, 5.41) is 0. The first-order valence-corrected chi connectivity index (χ1v) is 6.71. The molecule has 0 fully saturated rings. The minimum absolute atomic E-state index is 0.0113. The number of hydrogen-bond donors (Lipinski definition) is 0. The highest BCUT2D eigenvalue weighted by Crippen LogP contribution is 2.25. The van der Waals surface area contributed by atoms with E-state index < -0.39 is 0 Å². The van der Waals surface area contributed by atoms with E-state index in [9.17, 15) is 4.79 Å². The summed E-state index contributed by atoms with van der Waals surface area (Å²) in [5.74, 6) is 0.180. The van der Waals surface area contributed by atoms with E-state index in [-0.39, 0.29) is 12.1 Å². The van der Waals surface area contributed by atoms with Crippen molar-refractivity contribution in [2.24, 2.45) is 5.92 Å². The monoisotopic (exact) mass is 236 g/mol.